The number of nitrogens with zero attached hydrogens (tertiary/aromatic N) is 4. The molecule has 10 aromatic rings. The van der Waals surface area contributed by atoms with Crippen LogP contribution >= 0.6 is 0 Å². The molecule has 0 aliphatic heterocycles. The number of rotatable bonds is 8. The first kappa shape index (κ1) is 33.0. The monoisotopic (exact) mass is 718 g/mol. The van der Waals surface area contributed by atoms with Crippen LogP contribution in [0.3, 0.4) is 0 Å². The highest BCUT2D eigenvalue weighted by atomic mass is 16.3. The van der Waals surface area contributed by atoms with Crippen molar-refractivity contribution in [3.05, 3.63) is 206 Å². The van der Waals surface area contributed by atoms with Gasteiger partial charge in [-0.25, -0.2) is 15.0 Å². The summed E-state index contributed by atoms with van der Waals surface area (Å²) < 4.78 is 6.63. The van der Waals surface area contributed by atoms with E-state index in [0.29, 0.717) is 17.5 Å². The first-order valence-electron chi connectivity index (χ1n) is 18.7. The van der Waals surface area contributed by atoms with Crippen molar-refractivity contribution < 1.29 is 4.42 Å². The minimum absolute atomic E-state index is 0.593. The van der Waals surface area contributed by atoms with E-state index in [0.717, 1.165) is 61.3 Å². The van der Waals surface area contributed by atoms with Gasteiger partial charge in [0.1, 0.15) is 11.2 Å². The molecule has 264 valence electrons. The number of aromatic nitrogens is 3. The maximum absolute atomic E-state index is 6.63. The molecule has 0 aliphatic rings. The molecule has 5 heteroatoms. The summed E-state index contributed by atoms with van der Waals surface area (Å²) in [6.45, 7) is 0. The molecule has 0 amide bonds. The highest BCUT2D eigenvalue weighted by molar-refractivity contribution is 6.12. The molecule has 2 aromatic heterocycles. The Labute approximate surface area is 324 Å². The normalized spacial score (nSPS) is 11.2. The SMILES string of the molecule is c1ccc(-c2ccc(-c3ccc(N(c4ccccc4)c4ccc5c(c4)oc4cccc(-c6nc(-c7ccccc7)nc(-c7ccccc7)n6)c45)cc3)cc2)cc1. The van der Waals surface area contributed by atoms with E-state index in [1.165, 1.54) is 16.7 Å². The highest BCUT2D eigenvalue weighted by Gasteiger charge is 2.20. The van der Waals surface area contributed by atoms with Crippen LogP contribution in [0.25, 0.3) is 78.4 Å². The summed E-state index contributed by atoms with van der Waals surface area (Å²) in [6, 6.07) is 71.0. The molecule has 0 fully saturated rings. The maximum atomic E-state index is 6.63. The number of hydrogen-bond donors (Lipinski definition) is 0. The zero-order valence-corrected chi connectivity index (χ0v) is 30.3. The largest absolute Gasteiger partial charge is 0.456 e. The lowest BCUT2D eigenvalue weighted by molar-refractivity contribution is 0.669. The van der Waals surface area contributed by atoms with Crippen molar-refractivity contribution >= 4 is 39.0 Å². The number of furan rings is 1. The van der Waals surface area contributed by atoms with Crippen molar-refractivity contribution in [3.8, 4) is 56.4 Å². The van der Waals surface area contributed by atoms with Gasteiger partial charge in [0, 0.05) is 50.6 Å². The number of anilines is 3. The fourth-order valence-corrected chi connectivity index (χ4v) is 7.38. The zero-order chi connectivity index (χ0) is 37.3. The summed E-state index contributed by atoms with van der Waals surface area (Å²) in [5, 5.41) is 1.96. The third-order valence-corrected chi connectivity index (χ3v) is 10.1. The van der Waals surface area contributed by atoms with Crippen LogP contribution in [0.2, 0.25) is 0 Å². The molecular formula is C51H34N4O. The summed E-state index contributed by atoms with van der Waals surface area (Å²) in [5.41, 5.74) is 12.1. The minimum Gasteiger partial charge on any atom is -0.456 e. The molecule has 10 rings (SSSR count). The van der Waals surface area contributed by atoms with Crippen LogP contribution in [0.4, 0.5) is 17.1 Å². The van der Waals surface area contributed by atoms with Gasteiger partial charge in [0.15, 0.2) is 17.5 Å². The van der Waals surface area contributed by atoms with Crippen LogP contribution in [0.15, 0.2) is 211 Å². The van der Waals surface area contributed by atoms with Crippen LogP contribution in [0.1, 0.15) is 0 Å². The number of benzene rings is 8. The van der Waals surface area contributed by atoms with E-state index in [1.54, 1.807) is 0 Å². The van der Waals surface area contributed by atoms with Crippen molar-refractivity contribution in [2.75, 3.05) is 4.90 Å². The molecule has 0 radical (unpaired) electrons. The molecule has 56 heavy (non-hydrogen) atoms. The lowest BCUT2D eigenvalue weighted by atomic mass is 10.00. The van der Waals surface area contributed by atoms with E-state index in [2.05, 4.69) is 126 Å². The van der Waals surface area contributed by atoms with Gasteiger partial charge in [-0.15, -0.1) is 0 Å². The van der Waals surface area contributed by atoms with Gasteiger partial charge < -0.3 is 9.32 Å². The Kier molecular flexibility index (Phi) is 8.43. The van der Waals surface area contributed by atoms with Gasteiger partial charge in [0.2, 0.25) is 0 Å². The molecule has 2 heterocycles. The van der Waals surface area contributed by atoms with Gasteiger partial charge in [-0.3, -0.25) is 0 Å². The average Bonchev–Trinajstić information content (AvgIpc) is 3.66. The molecule has 0 spiro atoms. The van der Waals surface area contributed by atoms with Gasteiger partial charge in [-0.1, -0.05) is 158 Å². The van der Waals surface area contributed by atoms with Gasteiger partial charge in [0.25, 0.3) is 0 Å². The van der Waals surface area contributed by atoms with Crippen molar-refractivity contribution in [1.82, 2.24) is 15.0 Å². The zero-order valence-electron chi connectivity index (χ0n) is 30.3. The average molecular weight is 719 g/mol. The number of para-hydroxylation sites is 1. The quantitative estimate of drug-likeness (QED) is 0.157. The second-order valence-electron chi connectivity index (χ2n) is 13.7. The molecule has 8 aromatic carbocycles. The second kappa shape index (κ2) is 14.3. The van der Waals surface area contributed by atoms with E-state index < -0.39 is 0 Å². The third kappa shape index (κ3) is 6.27. The molecular weight excluding hydrogens is 685 g/mol. The summed E-state index contributed by atoms with van der Waals surface area (Å²) in [6.07, 6.45) is 0. The highest BCUT2D eigenvalue weighted by Crippen LogP contribution is 2.41. The van der Waals surface area contributed by atoms with Gasteiger partial charge >= 0.3 is 0 Å². The van der Waals surface area contributed by atoms with Gasteiger partial charge in [0.05, 0.1) is 0 Å². The molecule has 0 aliphatic carbocycles. The Bertz CT molecular complexity index is 2870. The Hall–Kier alpha value is -7.63. The molecule has 0 N–H and O–H groups in total. The summed E-state index contributed by atoms with van der Waals surface area (Å²) in [4.78, 5) is 17.2. The summed E-state index contributed by atoms with van der Waals surface area (Å²) >= 11 is 0. The molecule has 5 nitrogen and oxygen atoms in total. The molecule has 0 unspecified atom stereocenters. The van der Waals surface area contributed by atoms with E-state index in [-0.39, 0.29) is 0 Å². The summed E-state index contributed by atoms with van der Waals surface area (Å²) in [5.74, 6) is 1.83. The summed E-state index contributed by atoms with van der Waals surface area (Å²) in [7, 11) is 0. The Morgan fingerprint density at radius 2 is 0.768 bits per heavy atom. The topological polar surface area (TPSA) is 55.1 Å². The first-order valence-corrected chi connectivity index (χ1v) is 18.7. The molecule has 0 bridgehead atoms. The molecule has 0 atom stereocenters. The fraction of sp³-hybridized carbons (Fsp3) is 0. The number of hydrogen-bond acceptors (Lipinski definition) is 5. The van der Waals surface area contributed by atoms with Crippen molar-refractivity contribution in [2.24, 2.45) is 0 Å². The number of fused-ring (bicyclic) bond motifs is 3. The lowest BCUT2D eigenvalue weighted by Gasteiger charge is -2.25. The van der Waals surface area contributed by atoms with Crippen LogP contribution in [0.5, 0.6) is 0 Å². The van der Waals surface area contributed by atoms with E-state index in [1.807, 2.05) is 84.9 Å². The Morgan fingerprint density at radius 3 is 1.34 bits per heavy atom. The van der Waals surface area contributed by atoms with Crippen LogP contribution < -0.4 is 4.90 Å². The third-order valence-electron chi connectivity index (χ3n) is 10.1. The standard InChI is InChI=1S/C51H34N4O/c1-5-14-35(15-6-1)36-24-26-37(27-25-36)38-28-30-42(31-29-38)55(41-20-11-4-12-21-41)43-32-33-44-47(34-43)56-46-23-13-22-45(48(44)46)51-53-49(39-16-7-2-8-17-39)52-50(54-51)40-18-9-3-10-19-40/h1-34H. The van der Waals surface area contributed by atoms with Crippen molar-refractivity contribution in [2.45, 2.75) is 0 Å². The predicted octanol–water partition coefficient (Wildman–Crippen LogP) is 13.6. The van der Waals surface area contributed by atoms with Crippen LogP contribution in [-0.4, -0.2) is 15.0 Å². The smallest absolute Gasteiger partial charge is 0.164 e. The van der Waals surface area contributed by atoms with Crippen molar-refractivity contribution in [1.29, 1.82) is 0 Å². The van der Waals surface area contributed by atoms with Gasteiger partial charge in [-0.05, 0) is 64.7 Å². The maximum Gasteiger partial charge on any atom is 0.164 e. The van der Waals surface area contributed by atoms with Crippen molar-refractivity contribution in [3.63, 3.8) is 0 Å². The van der Waals surface area contributed by atoms with Gasteiger partial charge in [-0.2, -0.15) is 0 Å². The Morgan fingerprint density at radius 1 is 0.321 bits per heavy atom. The minimum atomic E-state index is 0.593. The second-order valence-corrected chi connectivity index (χ2v) is 13.7. The Balaban J connectivity index is 1.05. The predicted molar refractivity (Wildman–Crippen MR) is 229 cm³/mol. The van der Waals surface area contributed by atoms with Crippen LogP contribution in [0, 0.1) is 0 Å². The first-order chi connectivity index (χ1) is 27.7. The van der Waals surface area contributed by atoms with E-state index >= 15 is 0 Å². The van der Waals surface area contributed by atoms with E-state index in [4.69, 9.17) is 19.4 Å². The molecule has 0 saturated heterocycles. The lowest BCUT2D eigenvalue weighted by Crippen LogP contribution is -2.09. The fourth-order valence-electron chi connectivity index (χ4n) is 7.38. The molecule has 0 saturated carbocycles. The van der Waals surface area contributed by atoms with E-state index in [9.17, 15) is 0 Å². The van der Waals surface area contributed by atoms with Crippen LogP contribution in [-0.2, 0) is 0 Å².